The topological polar surface area (TPSA) is 132 Å². The first-order valence-corrected chi connectivity index (χ1v) is 9.84. The lowest BCUT2D eigenvalue weighted by Gasteiger charge is -2.35. The number of piperidine rings is 1. The number of carbonyl (C=O) groups is 3. The number of alkyl carbamates (subject to hydrolysis) is 1. The molecule has 1 aromatic rings. The number of likely N-dealkylation sites (tertiary alicyclic amines) is 1. The molecule has 0 radical (unpaired) electrons. The largest absolute Gasteiger partial charge is 0.465 e. The molecule has 1 heterocycles. The van der Waals surface area contributed by atoms with E-state index in [2.05, 4.69) is 16.7 Å². The van der Waals surface area contributed by atoms with Crippen molar-refractivity contribution in [1.29, 1.82) is 5.26 Å². The SMILES string of the molecule is CC(C)(C)OC(=O)N[C@@H](Cc1cccc(C#N)c1)C(=O)N1CCC[C@H](NC(=O)O)C1. The fourth-order valence-electron chi connectivity index (χ4n) is 3.34. The summed E-state index contributed by atoms with van der Waals surface area (Å²) < 4.78 is 5.30. The van der Waals surface area contributed by atoms with Crippen LogP contribution in [0.4, 0.5) is 9.59 Å². The quantitative estimate of drug-likeness (QED) is 0.674. The van der Waals surface area contributed by atoms with Crippen molar-refractivity contribution in [2.24, 2.45) is 0 Å². The van der Waals surface area contributed by atoms with Gasteiger partial charge in [0.1, 0.15) is 11.6 Å². The average Bonchev–Trinajstić information content (AvgIpc) is 2.65. The van der Waals surface area contributed by atoms with Crippen molar-refractivity contribution in [3.8, 4) is 6.07 Å². The Bertz CT molecular complexity index is 827. The monoisotopic (exact) mass is 416 g/mol. The molecule has 2 rings (SSSR count). The molecule has 0 bridgehead atoms. The Morgan fingerprint density at radius 2 is 2.10 bits per heavy atom. The lowest BCUT2D eigenvalue weighted by atomic mass is 10.0. The zero-order valence-corrected chi connectivity index (χ0v) is 17.5. The fourth-order valence-corrected chi connectivity index (χ4v) is 3.34. The van der Waals surface area contributed by atoms with E-state index >= 15 is 0 Å². The highest BCUT2D eigenvalue weighted by Crippen LogP contribution is 2.15. The van der Waals surface area contributed by atoms with Gasteiger partial charge in [-0.05, 0) is 51.3 Å². The van der Waals surface area contributed by atoms with Crippen LogP contribution in [0.3, 0.4) is 0 Å². The number of nitrogens with zero attached hydrogens (tertiary/aromatic N) is 2. The second-order valence-corrected chi connectivity index (χ2v) is 8.29. The van der Waals surface area contributed by atoms with Gasteiger partial charge in [-0.25, -0.2) is 9.59 Å². The first-order chi connectivity index (χ1) is 14.1. The van der Waals surface area contributed by atoms with Crippen LogP contribution in [0, 0.1) is 11.3 Å². The minimum Gasteiger partial charge on any atom is -0.465 e. The highest BCUT2D eigenvalue weighted by molar-refractivity contribution is 5.86. The molecule has 1 saturated heterocycles. The molecule has 0 aromatic heterocycles. The molecule has 0 aliphatic carbocycles. The second kappa shape index (κ2) is 9.96. The molecule has 0 unspecified atom stereocenters. The Morgan fingerprint density at radius 3 is 2.73 bits per heavy atom. The van der Waals surface area contributed by atoms with Gasteiger partial charge in [0.05, 0.1) is 11.6 Å². The smallest absolute Gasteiger partial charge is 0.408 e. The Morgan fingerprint density at radius 1 is 1.37 bits per heavy atom. The van der Waals surface area contributed by atoms with E-state index in [0.717, 1.165) is 5.56 Å². The third kappa shape index (κ3) is 7.28. The van der Waals surface area contributed by atoms with Crippen LogP contribution in [0.15, 0.2) is 24.3 Å². The van der Waals surface area contributed by atoms with E-state index in [-0.39, 0.29) is 24.9 Å². The Kier molecular flexibility index (Phi) is 7.64. The molecule has 1 aliphatic heterocycles. The molecule has 2 atom stereocenters. The summed E-state index contributed by atoms with van der Waals surface area (Å²) in [5, 5.41) is 23.1. The Balaban J connectivity index is 2.18. The number of rotatable bonds is 5. The standard InChI is InChI=1S/C21H28N4O5/c1-21(2,3)30-20(29)24-17(11-14-6-4-7-15(10-14)12-22)18(26)25-9-5-8-16(13-25)23-19(27)28/h4,6-7,10,16-17,23H,5,8-9,11,13H2,1-3H3,(H,24,29)(H,27,28)/t16-,17-/m0/s1. The maximum Gasteiger partial charge on any atom is 0.408 e. The van der Waals surface area contributed by atoms with Crippen molar-refractivity contribution in [2.45, 2.75) is 57.7 Å². The summed E-state index contributed by atoms with van der Waals surface area (Å²) in [6.07, 6.45) is -0.369. The maximum atomic E-state index is 13.2. The molecule has 30 heavy (non-hydrogen) atoms. The van der Waals surface area contributed by atoms with Crippen molar-refractivity contribution in [1.82, 2.24) is 15.5 Å². The summed E-state index contributed by atoms with van der Waals surface area (Å²) in [5.41, 5.74) is 0.459. The predicted molar refractivity (Wildman–Crippen MR) is 109 cm³/mol. The first-order valence-electron chi connectivity index (χ1n) is 9.84. The van der Waals surface area contributed by atoms with Crippen molar-refractivity contribution in [2.75, 3.05) is 13.1 Å². The summed E-state index contributed by atoms with van der Waals surface area (Å²) in [6, 6.07) is 7.62. The number of carbonyl (C=O) groups excluding carboxylic acids is 2. The summed E-state index contributed by atoms with van der Waals surface area (Å²) in [7, 11) is 0. The minimum atomic E-state index is -1.13. The summed E-state index contributed by atoms with van der Waals surface area (Å²) in [5.74, 6) is -0.319. The van der Waals surface area contributed by atoms with E-state index in [4.69, 9.17) is 15.1 Å². The fraction of sp³-hybridized carbons (Fsp3) is 0.524. The van der Waals surface area contributed by atoms with Crippen LogP contribution in [0.1, 0.15) is 44.7 Å². The third-order valence-electron chi connectivity index (χ3n) is 4.55. The van der Waals surface area contributed by atoms with Crippen LogP contribution in [0.25, 0.3) is 0 Å². The normalized spacial score (nSPS) is 17.4. The van der Waals surface area contributed by atoms with E-state index in [1.165, 1.54) is 0 Å². The first kappa shape index (κ1) is 23.0. The second-order valence-electron chi connectivity index (χ2n) is 8.29. The van der Waals surface area contributed by atoms with Gasteiger partial charge < -0.3 is 25.4 Å². The Hall–Kier alpha value is -3.28. The molecule has 0 spiro atoms. The zero-order chi connectivity index (χ0) is 22.3. The van der Waals surface area contributed by atoms with Crippen LogP contribution < -0.4 is 10.6 Å². The average molecular weight is 416 g/mol. The summed E-state index contributed by atoms with van der Waals surface area (Å²) in [4.78, 5) is 38.0. The van der Waals surface area contributed by atoms with Crippen LogP contribution in [0.2, 0.25) is 0 Å². The van der Waals surface area contributed by atoms with Crippen molar-refractivity contribution < 1.29 is 24.2 Å². The number of hydrogen-bond donors (Lipinski definition) is 3. The molecule has 1 fully saturated rings. The molecule has 1 aromatic carbocycles. The van der Waals surface area contributed by atoms with Crippen molar-refractivity contribution in [3.05, 3.63) is 35.4 Å². The number of benzene rings is 1. The molecule has 1 aliphatic rings. The number of amides is 3. The minimum absolute atomic E-state index is 0.182. The lowest BCUT2D eigenvalue weighted by molar-refractivity contribution is -0.134. The van der Waals surface area contributed by atoms with E-state index in [9.17, 15) is 14.4 Å². The van der Waals surface area contributed by atoms with Gasteiger partial charge in [0.15, 0.2) is 0 Å². The highest BCUT2D eigenvalue weighted by Gasteiger charge is 2.31. The van der Waals surface area contributed by atoms with Gasteiger partial charge in [-0.2, -0.15) is 5.26 Å². The number of ether oxygens (including phenoxy) is 1. The van der Waals surface area contributed by atoms with Gasteiger partial charge in [-0.1, -0.05) is 12.1 Å². The number of nitriles is 1. The van der Waals surface area contributed by atoms with E-state index in [1.54, 1.807) is 49.9 Å². The lowest BCUT2D eigenvalue weighted by Crippen LogP contribution is -2.56. The van der Waals surface area contributed by atoms with Gasteiger partial charge in [0, 0.05) is 25.6 Å². The van der Waals surface area contributed by atoms with Gasteiger partial charge in [-0.15, -0.1) is 0 Å². The number of carboxylic acid groups (broad SMARTS) is 1. The van der Waals surface area contributed by atoms with Crippen LogP contribution in [0.5, 0.6) is 0 Å². The molecule has 9 heteroatoms. The predicted octanol–water partition coefficient (Wildman–Crippen LogP) is 2.25. The molecule has 3 N–H and O–H groups in total. The number of hydrogen-bond acceptors (Lipinski definition) is 5. The number of nitrogens with one attached hydrogen (secondary N) is 2. The molecule has 162 valence electrons. The molecule has 3 amide bonds. The van der Waals surface area contributed by atoms with Crippen molar-refractivity contribution in [3.63, 3.8) is 0 Å². The van der Waals surface area contributed by atoms with Gasteiger partial charge in [0.25, 0.3) is 0 Å². The molecule has 0 saturated carbocycles. The molecular weight excluding hydrogens is 388 g/mol. The van der Waals surface area contributed by atoms with Crippen LogP contribution in [-0.2, 0) is 16.0 Å². The van der Waals surface area contributed by atoms with Gasteiger partial charge in [0.2, 0.25) is 5.91 Å². The van der Waals surface area contributed by atoms with Crippen molar-refractivity contribution >= 4 is 18.1 Å². The molecule has 9 nitrogen and oxygen atoms in total. The maximum absolute atomic E-state index is 13.2. The molecular formula is C21H28N4O5. The van der Waals surface area contributed by atoms with Crippen LogP contribution in [-0.4, -0.2) is 58.9 Å². The van der Waals surface area contributed by atoms with E-state index in [1.807, 2.05) is 0 Å². The summed E-state index contributed by atoms with van der Waals surface area (Å²) >= 11 is 0. The van der Waals surface area contributed by atoms with Gasteiger partial charge in [-0.3, -0.25) is 4.79 Å². The van der Waals surface area contributed by atoms with E-state index < -0.39 is 23.8 Å². The Labute approximate surface area is 176 Å². The van der Waals surface area contributed by atoms with Gasteiger partial charge >= 0.3 is 12.2 Å². The third-order valence-corrected chi connectivity index (χ3v) is 4.55. The van der Waals surface area contributed by atoms with E-state index in [0.29, 0.717) is 24.9 Å². The summed E-state index contributed by atoms with van der Waals surface area (Å²) in [6.45, 7) is 5.89. The zero-order valence-electron chi connectivity index (χ0n) is 17.5. The van der Waals surface area contributed by atoms with Crippen LogP contribution >= 0.6 is 0 Å². The highest BCUT2D eigenvalue weighted by atomic mass is 16.6.